The number of guanidine groups is 1. The molecule has 8 heteroatoms. The number of nitrogens with one attached hydrogen (secondary N) is 3. The molecule has 1 aliphatic carbocycles. The van der Waals surface area contributed by atoms with Gasteiger partial charge in [0, 0.05) is 32.2 Å². The minimum atomic E-state index is -0.491. The number of para-hydroxylation sites is 1. The van der Waals surface area contributed by atoms with Gasteiger partial charge in [-0.1, -0.05) is 12.1 Å². The first kappa shape index (κ1) is 24.6. The lowest BCUT2D eigenvalue weighted by molar-refractivity contribution is 0.0527. The van der Waals surface area contributed by atoms with Crippen molar-refractivity contribution in [1.82, 2.24) is 16.0 Å². The smallest absolute Gasteiger partial charge is 0.407 e. The standard InChI is InChI=1S/C23H38N4O4/c1-23(2,3)31-22(28)26-15-9-14-25-21(24-4)27-16-17-10-8-13-19(29-5)20(17)30-18-11-6-7-12-18/h8,10,13,18H,6-7,9,11-12,14-16H2,1-5H3,(H,26,28)(H2,24,25,27). The molecule has 0 atom stereocenters. The van der Waals surface area contributed by atoms with E-state index < -0.39 is 11.7 Å². The molecule has 0 aromatic heterocycles. The molecule has 0 bridgehead atoms. The van der Waals surface area contributed by atoms with Gasteiger partial charge in [-0.25, -0.2) is 4.79 Å². The van der Waals surface area contributed by atoms with Crippen LogP contribution >= 0.6 is 0 Å². The Morgan fingerprint density at radius 1 is 1.13 bits per heavy atom. The van der Waals surface area contributed by atoms with Crippen LogP contribution in [0, 0.1) is 0 Å². The number of hydrogen-bond acceptors (Lipinski definition) is 5. The van der Waals surface area contributed by atoms with Gasteiger partial charge in [-0.3, -0.25) is 4.99 Å². The number of alkyl carbamates (subject to hydrolysis) is 1. The van der Waals surface area contributed by atoms with Crippen molar-refractivity contribution in [2.75, 3.05) is 27.2 Å². The van der Waals surface area contributed by atoms with Crippen molar-refractivity contribution in [3.05, 3.63) is 23.8 Å². The van der Waals surface area contributed by atoms with Gasteiger partial charge in [0.25, 0.3) is 0 Å². The minimum Gasteiger partial charge on any atom is -0.493 e. The Morgan fingerprint density at radius 3 is 2.48 bits per heavy atom. The second-order valence-corrected chi connectivity index (χ2v) is 8.61. The zero-order chi connectivity index (χ0) is 22.7. The van der Waals surface area contributed by atoms with Crippen LogP contribution in [-0.2, 0) is 11.3 Å². The van der Waals surface area contributed by atoms with Gasteiger partial charge < -0.3 is 30.2 Å². The number of methoxy groups -OCH3 is 1. The monoisotopic (exact) mass is 434 g/mol. The Morgan fingerprint density at radius 2 is 1.84 bits per heavy atom. The summed E-state index contributed by atoms with van der Waals surface area (Å²) < 4.78 is 17.0. The molecule has 1 aliphatic rings. The maximum Gasteiger partial charge on any atom is 0.407 e. The summed E-state index contributed by atoms with van der Waals surface area (Å²) in [7, 11) is 3.40. The van der Waals surface area contributed by atoms with Gasteiger partial charge in [-0.2, -0.15) is 0 Å². The molecule has 0 radical (unpaired) electrons. The van der Waals surface area contributed by atoms with Crippen LogP contribution < -0.4 is 25.4 Å². The van der Waals surface area contributed by atoms with Crippen LogP contribution in [-0.4, -0.2) is 51.0 Å². The molecule has 1 amide bonds. The molecule has 3 N–H and O–H groups in total. The van der Waals surface area contributed by atoms with Gasteiger partial charge in [-0.05, 0) is 58.9 Å². The van der Waals surface area contributed by atoms with Crippen LogP contribution in [0.5, 0.6) is 11.5 Å². The normalized spacial score (nSPS) is 14.8. The third-order valence-corrected chi connectivity index (χ3v) is 4.85. The number of ether oxygens (including phenoxy) is 3. The van der Waals surface area contributed by atoms with E-state index in [-0.39, 0.29) is 6.10 Å². The van der Waals surface area contributed by atoms with Crippen molar-refractivity contribution < 1.29 is 19.0 Å². The van der Waals surface area contributed by atoms with E-state index in [4.69, 9.17) is 14.2 Å². The molecule has 0 saturated heterocycles. The quantitative estimate of drug-likeness (QED) is 0.312. The van der Waals surface area contributed by atoms with Crippen molar-refractivity contribution in [2.45, 2.75) is 71.1 Å². The topological polar surface area (TPSA) is 93.2 Å². The maximum absolute atomic E-state index is 11.7. The van der Waals surface area contributed by atoms with Gasteiger partial charge in [0.05, 0.1) is 13.2 Å². The van der Waals surface area contributed by atoms with E-state index in [1.165, 1.54) is 12.8 Å². The summed E-state index contributed by atoms with van der Waals surface area (Å²) in [6.07, 6.45) is 5.21. The van der Waals surface area contributed by atoms with Crippen LogP contribution in [0.2, 0.25) is 0 Å². The average molecular weight is 435 g/mol. The van der Waals surface area contributed by atoms with Gasteiger partial charge >= 0.3 is 6.09 Å². The van der Waals surface area contributed by atoms with Crippen LogP contribution in [0.25, 0.3) is 0 Å². The molecule has 31 heavy (non-hydrogen) atoms. The summed E-state index contributed by atoms with van der Waals surface area (Å²) in [5.74, 6) is 2.25. The Labute approximate surface area is 186 Å². The summed E-state index contributed by atoms with van der Waals surface area (Å²) in [6.45, 7) is 7.28. The first-order valence-corrected chi connectivity index (χ1v) is 11.1. The van der Waals surface area contributed by atoms with E-state index in [0.29, 0.717) is 25.6 Å². The molecule has 1 fully saturated rings. The highest BCUT2D eigenvalue weighted by molar-refractivity contribution is 5.79. The number of amides is 1. The number of carbonyl (C=O) groups excluding carboxylic acids is 1. The first-order chi connectivity index (χ1) is 14.8. The fraction of sp³-hybridized carbons (Fsp3) is 0.652. The van der Waals surface area contributed by atoms with Gasteiger partial charge in [-0.15, -0.1) is 0 Å². The van der Waals surface area contributed by atoms with Crippen LogP contribution in [0.4, 0.5) is 4.79 Å². The molecule has 0 unspecified atom stereocenters. The van der Waals surface area contributed by atoms with Crippen LogP contribution in [0.3, 0.4) is 0 Å². The third kappa shape index (κ3) is 8.94. The van der Waals surface area contributed by atoms with Gasteiger partial charge in [0.2, 0.25) is 0 Å². The Balaban J connectivity index is 1.79. The zero-order valence-corrected chi connectivity index (χ0v) is 19.5. The maximum atomic E-state index is 11.7. The summed E-state index contributed by atoms with van der Waals surface area (Å²) >= 11 is 0. The summed E-state index contributed by atoms with van der Waals surface area (Å²) in [5.41, 5.74) is 0.537. The van der Waals surface area contributed by atoms with E-state index in [0.717, 1.165) is 36.3 Å². The van der Waals surface area contributed by atoms with E-state index in [1.807, 2.05) is 39.0 Å². The number of benzene rings is 1. The molecular formula is C23H38N4O4. The van der Waals surface area contributed by atoms with Crippen molar-refractivity contribution in [1.29, 1.82) is 0 Å². The highest BCUT2D eigenvalue weighted by atomic mass is 16.6. The molecule has 8 nitrogen and oxygen atoms in total. The van der Waals surface area contributed by atoms with E-state index >= 15 is 0 Å². The SMILES string of the molecule is CN=C(NCCCNC(=O)OC(C)(C)C)NCc1cccc(OC)c1OC1CCCC1. The molecular weight excluding hydrogens is 396 g/mol. The Kier molecular flexibility index (Phi) is 9.75. The predicted molar refractivity (Wildman–Crippen MR) is 123 cm³/mol. The second-order valence-electron chi connectivity index (χ2n) is 8.61. The lowest BCUT2D eigenvalue weighted by atomic mass is 10.1. The van der Waals surface area contributed by atoms with Crippen molar-refractivity contribution in [3.63, 3.8) is 0 Å². The number of nitrogens with zero attached hydrogens (tertiary/aromatic N) is 1. The minimum absolute atomic E-state index is 0.255. The molecule has 174 valence electrons. The van der Waals surface area contributed by atoms with E-state index in [9.17, 15) is 4.79 Å². The fourth-order valence-electron chi connectivity index (χ4n) is 3.37. The summed E-state index contributed by atoms with van der Waals surface area (Å²) in [4.78, 5) is 15.9. The number of carbonyl (C=O) groups is 1. The lowest BCUT2D eigenvalue weighted by Gasteiger charge is -2.20. The van der Waals surface area contributed by atoms with Crippen molar-refractivity contribution >= 4 is 12.1 Å². The van der Waals surface area contributed by atoms with Gasteiger partial charge in [0.1, 0.15) is 5.60 Å². The molecule has 2 rings (SSSR count). The Bertz CT molecular complexity index is 725. The molecule has 1 aromatic rings. The first-order valence-electron chi connectivity index (χ1n) is 11.1. The molecule has 0 spiro atoms. The largest absolute Gasteiger partial charge is 0.493 e. The van der Waals surface area contributed by atoms with E-state index in [2.05, 4.69) is 20.9 Å². The average Bonchev–Trinajstić information content (AvgIpc) is 3.22. The molecule has 0 aliphatic heterocycles. The summed E-state index contributed by atoms with van der Waals surface area (Å²) in [6, 6.07) is 5.94. The lowest BCUT2D eigenvalue weighted by Crippen LogP contribution is -2.39. The van der Waals surface area contributed by atoms with E-state index in [1.54, 1.807) is 14.2 Å². The number of hydrogen-bond donors (Lipinski definition) is 3. The molecule has 0 heterocycles. The van der Waals surface area contributed by atoms with Crippen LogP contribution in [0.1, 0.15) is 58.4 Å². The highest BCUT2D eigenvalue weighted by Crippen LogP contribution is 2.34. The number of aliphatic imine (C=N–C) groups is 1. The summed E-state index contributed by atoms with van der Waals surface area (Å²) in [5, 5.41) is 9.33. The second kappa shape index (κ2) is 12.3. The predicted octanol–water partition coefficient (Wildman–Crippen LogP) is 3.60. The zero-order valence-electron chi connectivity index (χ0n) is 19.5. The van der Waals surface area contributed by atoms with Crippen molar-refractivity contribution in [3.8, 4) is 11.5 Å². The molecule has 1 saturated carbocycles. The van der Waals surface area contributed by atoms with Crippen molar-refractivity contribution in [2.24, 2.45) is 4.99 Å². The van der Waals surface area contributed by atoms with Gasteiger partial charge in [0.15, 0.2) is 17.5 Å². The molecule has 1 aromatic carbocycles. The number of rotatable bonds is 9. The Hall–Kier alpha value is -2.64. The third-order valence-electron chi connectivity index (χ3n) is 4.85. The highest BCUT2D eigenvalue weighted by Gasteiger charge is 2.20. The fourth-order valence-corrected chi connectivity index (χ4v) is 3.37. The van der Waals surface area contributed by atoms with Crippen LogP contribution in [0.15, 0.2) is 23.2 Å².